The van der Waals surface area contributed by atoms with Crippen molar-refractivity contribution in [1.82, 2.24) is 15.2 Å². The van der Waals surface area contributed by atoms with Crippen LogP contribution < -0.4 is 16.0 Å². The van der Waals surface area contributed by atoms with E-state index < -0.39 is 69.9 Å². The van der Waals surface area contributed by atoms with E-state index in [9.17, 15) is 44.0 Å². The first-order chi connectivity index (χ1) is 24.0. The number of aliphatic carboxylic acids is 2. The van der Waals surface area contributed by atoms with Crippen molar-refractivity contribution in [1.29, 1.82) is 0 Å². The standard InChI is InChI=1S/C32H27FN6O9S2/c33-21-17(9-10-20(40)25(21)41)26(31(46)47)48-37-22(18-14-50-32(34)35-18)27(42)36-23-28(43)39-24(30(44)45)16(13-49-29(23)39)7-4-12-38-11-3-6-15-5-1-2-8-19(15)38/h1-10,14,23,26,29,40-41H,11-13H2,(H2,34,35)(H,36,42)(H,44,45)(H,46,47). The highest BCUT2D eigenvalue weighted by atomic mass is 32.2. The van der Waals surface area contributed by atoms with Gasteiger partial charge >= 0.3 is 11.9 Å². The van der Waals surface area contributed by atoms with Crippen LogP contribution in [0.2, 0.25) is 0 Å². The molecule has 0 spiro atoms. The van der Waals surface area contributed by atoms with Crippen LogP contribution in [-0.2, 0) is 24.0 Å². The van der Waals surface area contributed by atoms with E-state index in [1.807, 2.05) is 42.5 Å². The number of phenolic OH excluding ortho intramolecular Hbond substituents is 2. The molecular formula is C32H27FN6O9S2. The van der Waals surface area contributed by atoms with E-state index >= 15 is 0 Å². The number of fused-ring (bicyclic) bond motifs is 2. The van der Waals surface area contributed by atoms with Gasteiger partial charge in [0.15, 0.2) is 28.2 Å². The maximum absolute atomic E-state index is 14.6. The molecule has 4 heterocycles. The molecule has 0 radical (unpaired) electrons. The van der Waals surface area contributed by atoms with Crippen LogP contribution in [-0.4, -0.2) is 90.0 Å². The summed E-state index contributed by atoms with van der Waals surface area (Å²) < 4.78 is 14.6. The lowest BCUT2D eigenvalue weighted by molar-refractivity contribution is -0.151. The number of hydrogen-bond acceptors (Lipinski definition) is 13. The Morgan fingerprint density at radius 1 is 1.20 bits per heavy atom. The smallest absolute Gasteiger partial charge is 0.352 e. The molecule has 0 aliphatic carbocycles. The maximum Gasteiger partial charge on any atom is 0.352 e. The van der Waals surface area contributed by atoms with E-state index in [0.717, 1.165) is 39.6 Å². The molecule has 1 saturated heterocycles. The lowest BCUT2D eigenvalue weighted by Gasteiger charge is -2.49. The monoisotopic (exact) mass is 722 g/mol. The molecule has 3 aliphatic rings. The van der Waals surface area contributed by atoms with Crippen LogP contribution in [0.1, 0.15) is 22.9 Å². The number of nitrogens with two attached hydrogens (primary N) is 1. The van der Waals surface area contributed by atoms with E-state index in [1.54, 1.807) is 6.08 Å². The predicted octanol–water partition coefficient (Wildman–Crippen LogP) is 2.65. The van der Waals surface area contributed by atoms with Gasteiger partial charge in [0.1, 0.15) is 22.8 Å². The number of rotatable bonds is 11. The number of aromatic hydroxyl groups is 2. The first-order valence-electron chi connectivity index (χ1n) is 14.7. The number of carboxylic acids is 2. The van der Waals surface area contributed by atoms with Crippen molar-refractivity contribution in [2.24, 2.45) is 5.16 Å². The van der Waals surface area contributed by atoms with E-state index in [1.165, 1.54) is 17.1 Å². The van der Waals surface area contributed by atoms with Crippen molar-refractivity contribution in [3.05, 3.63) is 93.9 Å². The number of β-lactam (4-membered cyclic amide) rings is 1. The number of carbonyl (C=O) groups excluding carboxylic acids is 2. The molecule has 7 N–H and O–H groups in total. The number of thioether (sulfide) groups is 1. The average Bonchev–Trinajstić information content (AvgIpc) is 3.53. The van der Waals surface area contributed by atoms with Gasteiger partial charge in [-0.25, -0.2) is 19.0 Å². The Morgan fingerprint density at radius 3 is 2.70 bits per heavy atom. The van der Waals surface area contributed by atoms with Gasteiger partial charge < -0.3 is 41.2 Å². The zero-order valence-electron chi connectivity index (χ0n) is 25.6. The number of phenols is 2. The second-order valence-corrected chi connectivity index (χ2v) is 13.0. The number of carboxylic acid groups (broad SMARTS) is 2. The van der Waals surface area contributed by atoms with Gasteiger partial charge in [-0.1, -0.05) is 47.7 Å². The lowest BCUT2D eigenvalue weighted by atomic mass is 10.0. The summed E-state index contributed by atoms with van der Waals surface area (Å²) in [5.41, 5.74) is 6.53. The summed E-state index contributed by atoms with van der Waals surface area (Å²) in [6.45, 7) is 1.17. The minimum atomic E-state index is -2.19. The second kappa shape index (κ2) is 13.9. The number of para-hydroxylation sites is 1. The number of carbonyl (C=O) groups is 4. The summed E-state index contributed by atoms with van der Waals surface area (Å²) in [5, 5.41) is 45.7. The summed E-state index contributed by atoms with van der Waals surface area (Å²) in [6, 6.07) is 8.38. The van der Waals surface area contributed by atoms with Gasteiger partial charge in [-0.3, -0.25) is 14.5 Å². The molecule has 2 aromatic carbocycles. The highest BCUT2D eigenvalue weighted by Gasteiger charge is 2.54. The minimum absolute atomic E-state index is 0.0105. The summed E-state index contributed by atoms with van der Waals surface area (Å²) >= 11 is 2.15. The van der Waals surface area contributed by atoms with Gasteiger partial charge in [0.05, 0.1) is 0 Å². The van der Waals surface area contributed by atoms with Crippen LogP contribution in [0, 0.1) is 5.82 Å². The molecule has 15 nitrogen and oxygen atoms in total. The van der Waals surface area contributed by atoms with Crippen LogP contribution in [0.5, 0.6) is 11.5 Å². The van der Waals surface area contributed by atoms with Crippen LogP contribution >= 0.6 is 23.1 Å². The normalized spacial score (nSPS) is 19.1. The number of benzene rings is 2. The van der Waals surface area contributed by atoms with Crippen LogP contribution in [0.15, 0.2) is 76.4 Å². The molecule has 3 aromatic rings. The highest BCUT2D eigenvalue weighted by molar-refractivity contribution is 8.00. The fourth-order valence-electron chi connectivity index (χ4n) is 5.51. The van der Waals surface area contributed by atoms with Crippen LogP contribution in [0.25, 0.3) is 6.08 Å². The number of allylic oxidation sites excluding steroid dienone is 1. The fraction of sp³-hybridized carbons (Fsp3) is 0.188. The number of hydrogen-bond donors (Lipinski definition) is 6. The Balaban J connectivity index is 1.20. The van der Waals surface area contributed by atoms with Gasteiger partial charge in [-0.2, -0.15) is 0 Å². The van der Waals surface area contributed by atoms with E-state index in [4.69, 9.17) is 10.6 Å². The van der Waals surface area contributed by atoms with Crippen molar-refractivity contribution < 1.29 is 48.8 Å². The first kappa shape index (κ1) is 34.0. The van der Waals surface area contributed by atoms with Crippen LogP contribution in [0.3, 0.4) is 0 Å². The SMILES string of the molecule is Nc1nc(C(=NOC(C(=O)O)c2ccc(O)c(O)c2F)C(=O)NC2C(=O)N3C(C(=O)O)=C(C=CCN4CC=Cc5ccccc54)CSC23)cs1. The Kier molecular flexibility index (Phi) is 9.47. The fourth-order valence-corrected chi connectivity index (χ4v) is 7.38. The summed E-state index contributed by atoms with van der Waals surface area (Å²) in [5.74, 6) is -8.17. The van der Waals surface area contributed by atoms with Crippen molar-refractivity contribution in [3.63, 3.8) is 0 Å². The topological polar surface area (TPSA) is 228 Å². The summed E-state index contributed by atoms with van der Waals surface area (Å²) in [4.78, 5) is 63.4. The molecule has 3 unspecified atom stereocenters. The van der Waals surface area contributed by atoms with Crippen molar-refractivity contribution in [2.45, 2.75) is 17.5 Å². The number of nitrogens with one attached hydrogen (secondary N) is 1. The third-order valence-corrected chi connectivity index (χ3v) is 9.87. The number of nitrogens with zero attached hydrogens (tertiary/aromatic N) is 4. The molecular weight excluding hydrogens is 696 g/mol. The molecule has 3 atom stereocenters. The molecule has 6 rings (SSSR count). The van der Waals surface area contributed by atoms with Crippen molar-refractivity contribution in [3.8, 4) is 11.5 Å². The molecule has 18 heteroatoms. The van der Waals surface area contributed by atoms with Gasteiger partial charge in [0.25, 0.3) is 17.9 Å². The second-order valence-electron chi connectivity index (χ2n) is 11.0. The lowest BCUT2D eigenvalue weighted by Crippen LogP contribution is -2.71. The molecule has 1 fully saturated rings. The van der Waals surface area contributed by atoms with Gasteiger partial charge in [0, 0.05) is 35.5 Å². The van der Waals surface area contributed by atoms with Gasteiger partial charge in [-0.15, -0.1) is 23.1 Å². The molecule has 3 aliphatic heterocycles. The number of aromatic nitrogens is 1. The summed E-state index contributed by atoms with van der Waals surface area (Å²) in [7, 11) is 0. The van der Waals surface area contributed by atoms with Gasteiger partial charge in [0.2, 0.25) is 0 Å². The number of amides is 2. The van der Waals surface area contributed by atoms with E-state index in [-0.39, 0.29) is 22.3 Å². The molecule has 1 aromatic heterocycles. The Hall–Kier alpha value is -5.88. The average molecular weight is 723 g/mol. The van der Waals surface area contributed by atoms with Crippen molar-refractivity contribution in [2.75, 3.05) is 29.5 Å². The van der Waals surface area contributed by atoms with Gasteiger partial charge in [-0.05, 0) is 29.3 Å². The Morgan fingerprint density at radius 2 is 1.98 bits per heavy atom. The molecule has 0 saturated carbocycles. The third kappa shape index (κ3) is 6.45. The van der Waals surface area contributed by atoms with E-state index in [2.05, 4.69) is 20.4 Å². The van der Waals surface area contributed by atoms with Crippen molar-refractivity contribution >= 4 is 69.5 Å². The quantitative estimate of drug-likeness (QED) is 0.0725. The zero-order valence-corrected chi connectivity index (χ0v) is 27.2. The Labute approximate surface area is 290 Å². The first-order valence-corrected chi connectivity index (χ1v) is 16.7. The Bertz CT molecular complexity index is 2030. The predicted molar refractivity (Wildman–Crippen MR) is 181 cm³/mol. The molecule has 0 bridgehead atoms. The molecule has 50 heavy (non-hydrogen) atoms. The third-order valence-electron chi connectivity index (χ3n) is 7.89. The molecule has 258 valence electrons. The highest BCUT2D eigenvalue weighted by Crippen LogP contribution is 2.41. The minimum Gasteiger partial charge on any atom is -0.504 e. The number of thiazole rings is 1. The summed E-state index contributed by atoms with van der Waals surface area (Å²) in [6.07, 6.45) is 5.39. The number of nitrogen functional groups attached to an aromatic ring is 1. The number of halogens is 1. The number of anilines is 2. The zero-order chi connectivity index (χ0) is 35.7. The van der Waals surface area contributed by atoms with Crippen LogP contribution in [0.4, 0.5) is 15.2 Å². The maximum atomic E-state index is 14.6. The largest absolute Gasteiger partial charge is 0.504 e. The number of oxime groups is 1. The van der Waals surface area contributed by atoms with E-state index in [0.29, 0.717) is 18.7 Å². The molecule has 2 amide bonds.